The molecule has 0 N–H and O–H groups in total. The lowest BCUT2D eigenvalue weighted by atomic mass is 10.1. The van der Waals surface area contributed by atoms with Crippen LogP contribution in [-0.2, 0) is 6.54 Å². The van der Waals surface area contributed by atoms with Crippen molar-refractivity contribution in [3.63, 3.8) is 0 Å². The molecule has 28 heavy (non-hydrogen) atoms. The van der Waals surface area contributed by atoms with E-state index in [-0.39, 0.29) is 11.9 Å². The van der Waals surface area contributed by atoms with E-state index in [0.717, 1.165) is 38.3 Å². The van der Waals surface area contributed by atoms with Gasteiger partial charge in [0, 0.05) is 38.3 Å². The summed E-state index contributed by atoms with van der Waals surface area (Å²) in [6.45, 7) is 9.20. The average molecular weight is 380 g/mol. The van der Waals surface area contributed by atoms with Crippen molar-refractivity contribution < 1.29 is 8.81 Å². The Bertz CT molecular complexity index is 916. The number of rotatable bonds is 5. The SMILES string of the molecule is Cc1ccccc1CN1CCN(C(C)c2nnc(-c3ccc(F)cc3)o2)CC1. The van der Waals surface area contributed by atoms with Crippen molar-refractivity contribution in [2.45, 2.75) is 26.4 Å². The molecule has 1 aromatic heterocycles. The van der Waals surface area contributed by atoms with Crippen molar-refractivity contribution in [2.75, 3.05) is 26.2 Å². The summed E-state index contributed by atoms with van der Waals surface area (Å²) in [6.07, 6.45) is 0. The van der Waals surface area contributed by atoms with Gasteiger partial charge in [0.1, 0.15) is 5.82 Å². The number of hydrogen-bond donors (Lipinski definition) is 0. The van der Waals surface area contributed by atoms with Crippen LogP contribution in [0.3, 0.4) is 0 Å². The van der Waals surface area contributed by atoms with Crippen LogP contribution in [-0.4, -0.2) is 46.2 Å². The van der Waals surface area contributed by atoms with Crippen LogP contribution in [0, 0.1) is 12.7 Å². The van der Waals surface area contributed by atoms with Gasteiger partial charge < -0.3 is 4.42 Å². The zero-order chi connectivity index (χ0) is 19.5. The zero-order valence-electron chi connectivity index (χ0n) is 16.3. The van der Waals surface area contributed by atoms with Crippen molar-refractivity contribution in [1.29, 1.82) is 0 Å². The van der Waals surface area contributed by atoms with Crippen molar-refractivity contribution >= 4 is 0 Å². The van der Waals surface area contributed by atoms with E-state index in [2.05, 4.69) is 58.1 Å². The third-order valence-electron chi connectivity index (χ3n) is 5.50. The number of piperazine rings is 1. The van der Waals surface area contributed by atoms with Crippen LogP contribution < -0.4 is 0 Å². The summed E-state index contributed by atoms with van der Waals surface area (Å²) in [5.74, 6) is 0.757. The lowest BCUT2D eigenvalue weighted by Crippen LogP contribution is -2.46. The van der Waals surface area contributed by atoms with Gasteiger partial charge in [-0.15, -0.1) is 10.2 Å². The Labute approximate surface area is 164 Å². The van der Waals surface area contributed by atoms with Gasteiger partial charge in [0.05, 0.1) is 6.04 Å². The van der Waals surface area contributed by atoms with Crippen LogP contribution in [0.2, 0.25) is 0 Å². The maximum absolute atomic E-state index is 13.1. The number of hydrogen-bond acceptors (Lipinski definition) is 5. The van der Waals surface area contributed by atoms with Gasteiger partial charge >= 0.3 is 0 Å². The van der Waals surface area contributed by atoms with Crippen LogP contribution in [0.4, 0.5) is 4.39 Å². The predicted molar refractivity (Wildman–Crippen MR) is 106 cm³/mol. The molecule has 1 aliphatic heterocycles. The molecule has 1 fully saturated rings. The molecule has 0 saturated carbocycles. The summed E-state index contributed by atoms with van der Waals surface area (Å²) in [6, 6.07) is 14.7. The molecule has 1 atom stereocenters. The molecule has 1 aliphatic rings. The second-order valence-corrected chi connectivity index (χ2v) is 7.37. The minimum atomic E-state index is -0.277. The molecule has 0 amide bonds. The average Bonchev–Trinajstić information content (AvgIpc) is 3.20. The number of aromatic nitrogens is 2. The minimum absolute atomic E-state index is 0.0577. The first kappa shape index (κ1) is 18.8. The Kier molecular flexibility index (Phi) is 5.50. The number of benzene rings is 2. The Balaban J connectivity index is 1.36. The van der Waals surface area contributed by atoms with Gasteiger partial charge in [-0.3, -0.25) is 9.80 Å². The Hall–Kier alpha value is -2.57. The highest BCUT2D eigenvalue weighted by atomic mass is 19.1. The van der Waals surface area contributed by atoms with Gasteiger partial charge in [0.25, 0.3) is 0 Å². The van der Waals surface area contributed by atoms with Crippen LogP contribution >= 0.6 is 0 Å². The van der Waals surface area contributed by atoms with Gasteiger partial charge in [-0.2, -0.15) is 0 Å². The fourth-order valence-corrected chi connectivity index (χ4v) is 3.61. The quantitative estimate of drug-likeness (QED) is 0.668. The number of aryl methyl sites for hydroxylation is 1. The van der Waals surface area contributed by atoms with E-state index in [4.69, 9.17) is 4.42 Å². The van der Waals surface area contributed by atoms with Crippen molar-refractivity contribution in [2.24, 2.45) is 0 Å². The number of nitrogens with zero attached hydrogens (tertiary/aromatic N) is 4. The molecule has 2 aromatic carbocycles. The highest BCUT2D eigenvalue weighted by Gasteiger charge is 2.26. The fraction of sp³-hybridized carbons (Fsp3) is 0.364. The molecule has 146 valence electrons. The smallest absolute Gasteiger partial charge is 0.247 e. The monoisotopic (exact) mass is 380 g/mol. The Morgan fingerprint density at radius 1 is 1.00 bits per heavy atom. The van der Waals surface area contributed by atoms with Gasteiger partial charge in [-0.1, -0.05) is 24.3 Å². The molecule has 4 rings (SSSR count). The van der Waals surface area contributed by atoms with E-state index >= 15 is 0 Å². The third kappa shape index (κ3) is 4.13. The molecule has 0 radical (unpaired) electrons. The van der Waals surface area contributed by atoms with Crippen molar-refractivity contribution in [1.82, 2.24) is 20.0 Å². The van der Waals surface area contributed by atoms with E-state index in [0.29, 0.717) is 11.8 Å². The second kappa shape index (κ2) is 8.20. The van der Waals surface area contributed by atoms with Gasteiger partial charge in [0.2, 0.25) is 11.8 Å². The standard InChI is InChI=1S/C22H25FN4O/c1-16-5-3-4-6-19(16)15-26-11-13-27(14-12-26)17(2)21-24-25-22(28-21)18-7-9-20(23)10-8-18/h3-10,17H,11-15H2,1-2H3. The Morgan fingerprint density at radius 3 is 2.43 bits per heavy atom. The molecule has 2 heterocycles. The summed E-state index contributed by atoms with van der Waals surface area (Å²) >= 11 is 0. The maximum atomic E-state index is 13.1. The van der Waals surface area contributed by atoms with E-state index in [1.165, 1.54) is 23.3 Å². The lowest BCUT2D eigenvalue weighted by Gasteiger charge is -2.37. The molecule has 5 nitrogen and oxygen atoms in total. The fourth-order valence-electron chi connectivity index (χ4n) is 3.61. The highest BCUT2D eigenvalue weighted by molar-refractivity contribution is 5.52. The van der Waals surface area contributed by atoms with Gasteiger partial charge in [-0.25, -0.2) is 4.39 Å². The van der Waals surface area contributed by atoms with Crippen LogP contribution in [0.1, 0.15) is 30.0 Å². The zero-order valence-corrected chi connectivity index (χ0v) is 16.3. The van der Waals surface area contributed by atoms with E-state index in [9.17, 15) is 4.39 Å². The molecule has 0 aliphatic carbocycles. The molecular weight excluding hydrogens is 355 g/mol. The summed E-state index contributed by atoms with van der Waals surface area (Å²) in [4.78, 5) is 4.86. The molecule has 1 saturated heterocycles. The molecule has 0 spiro atoms. The maximum Gasteiger partial charge on any atom is 0.247 e. The van der Waals surface area contributed by atoms with E-state index < -0.39 is 0 Å². The van der Waals surface area contributed by atoms with Gasteiger partial charge in [-0.05, 0) is 49.2 Å². The summed E-state index contributed by atoms with van der Waals surface area (Å²) < 4.78 is 19.0. The topological polar surface area (TPSA) is 45.4 Å². The van der Waals surface area contributed by atoms with Crippen LogP contribution in [0.5, 0.6) is 0 Å². The minimum Gasteiger partial charge on any atom is -0.419 e. The van der Waals surface area contributed by atoms with Gasteiger partial charge in [0.15, 0.2) is 0 Å². The second-order valence-electron chi connectivity index (χ2n) is 7.37. The first-order chi connectivity index (χ1) is 13.6. The first-order valence-electron chi connectivity index (χ1n) is 9.70. The van der Waals surface area contributed by atoms with E-state index in [1.54, 1.807) is 12.1 Å². The molecule has 3 aromatic rings. The molecule has 6 heteroatoms. The summed E-state index contributed by atoms with van der Waals surface area (Å²) in [7, 11) is 0. The normalized spacial score (nSPS) is 17.0. The third-order valence-corrected chi connectivity index (χ3v) is 5.50. The van der Waals surface area contributed by atoms with Crippen LogP contribution in [0.15, 0.2) is 52.9 Å². The Morgan fingerprint density at radius 2 is 1.71 bits per heavy atom. The lowest BCUT2D eigenvalue weighted by molar-refractivity contribution is 0.0875. The van der Waals surface area contributed by atoms with Crippen molar-refractivity contribution in [3.8, 4) is 11.5 Å². The van der Waals surface area contributed by atoms with E-state index in [1.807, 2.05) is 0 Å². The first-order valence-corrected chi connectivity index (χ1v) is 9.70. The summed E-state index contributed by atoms with van der Waals surface area (Å²) in [5.41, 5.74) is 3.47. The molecular formula is C22H25FN4O. The largest absolute Gasteiger partial charge is 0.419 e. The molecule has 1 unspecified atom stereocenters. The number of halogens is 1. The molecule has 0 bridgehead atoms. The predicted octanol–water partition coefficient (Wildman–Crippen LogP) is 4.06. The highest BCUT2D eigenvalue weighted by Crippen LogP contribution is 2.25. The van der Waals surface area contributed by atoms with Crippen LogP contribution in [0.25, 0.3) is 11.5 Å². The summed E-state index contributed by atoms with van der Waals surface area (Å²) in [5, 5.41) is 8.36. The van der Waals surface area contributed by atoms with Crippen molar-refractivity contribution in [3.05, 3.63) is 71.4 Å².